The summed E-state index contributed by atoms with van der Waals surface area (Å²) in [5, 5.41) is 29.9. The molecule has 358 valence electrons. The van der Waals surface area contributed by atoms with Gasteiger partial charge in [0.15, 0.2) is 23.1 Å². The fraction of sp³-hybridized carbons (Fsp3) is 0.370. The fourth-order valence-corrected chi connectivity index (χ4v) is 11.3. The van der Waals surface area contributed by atoms with Gasteiger partial charge in [0.2, 0.25) is 23.6 Å². The summed E-state index contributed by atoms with van der Waals surface area (Å²) in [6, 6.07) is 13.3. The van der Waals surface area contributed by atoms with Gasteiger partial charge in [-0.05, 0) is 69.0 Å². The van der Waals surface area contributed by atoms with E-state index in [1.807, 2.05) is 0 Å². The van der Waals surface area contributed by atoms with Gasteiger partial charge in [-0.3, -0.25) is 29.3 Å². The third kappa shape index (κ3) is 10.1. The number of likely N-dealkylation sites (tertiary alicyclic amines) is 1. The maximum absolute atomic E-state index is 16.1. The van der Waals surface area contributed by atoms with Crippen LogP contribution in [-0.4, -0.2) is 116 Å². The number of aliphatic carboxylic acids is 1. The van der Waals surface area contributed by atoms with Gasteiger partial charge in [-0.15, -0.1) is 11.3 Å². The van der Waals surface area contributed by atoms with Crippen LogP contribution in [0.4, 0.5) is 25.8 Å². The highest BCUT2D eigenvalue weighted by molar-refractivity contribution is 7.96. The summed E-state index contributed by atoms with van der Waals surface area (Å²) in [6.45, 7) is 4.23. The SMILES string of the molecule is CC1(C)CC(Nc2cccc(-c3sc(C(=O)O)c(OCC(=O)O)c3Cl)c2F)CCN1SCc1ccc(F)c(NC(=O)C2CN(C(=O)CNc3cccc4c3CN(C3CCC(=O)NC3=O)C4=O)C2)c1. The fourth-order valence-electron chi connectivity index (χ4n) is 8.78. The molecule has 4 aromatic rings. The molecule has 2 unspecified atom stereocenters. The van der Waals surface area contributed by atoms with Gasteiger partial charge in [-0.1, -0.05) is 47.8 Å². The molecule has 3 saturated heterocycles. The van der Waals surface area contributed by atoms with Crippen molar-refractivity contribution in [2.75, 3.05) is 48.7 Å². The lowest BCUT2D eigenvalue weighted by molar-refractivity contribution is -0.140. The number of carbonyl (C=O) groups is 7. The van der Waals surface area contributed by atoms with Crippen LogP contribution in [0.2, 0.25) is 5.02 Å². The predicted octanol–water partition coefficient (Wildman–Crippen LogP) is 6.28. The van der Waals surface area contributed by atoms with Crippen molar-refractivity contribution in [2.45, 2.75) is 69.5 Å². The zero-order valence-corrected chi connectivity index (χ0v) is 39.0. The summed E-state index contributed by atoms with van der Waals surface area (Å²) in [6.07, 6.45) is 1.61. The second-order valence-electron chi connectivity index (χ2n) is 17.5. The van der Waals surface area contributed by atoms with Crippen LogP contribution in [0.25, 0.3) is 10.4 Å². The summed E-state index contributed by atoms with van der Waals surface area (Å²) in [7, 11) is 0. The number of fused-ring (bicyclic) bond motifs is 1. The van der Waals surface area contributed by atoms with E-state index in [0.717, 1.165) is 5.56 Å². The van der Waals surface area contributed by atoms with Crippen molar-refractivity contribution in [3.8, 4) is 16.2 Å². The average Bonchev–Trinajstić information content (AvgIpc) is 3.78. The van der Waals surface area contributed by atoms with Gasteiger partial charge < -0.3 is 40.7 Å². The van der Waals surface area contributed by atoms with Crippen LogP contribution in [0.15, 0.2) is 54.6 Å². The Morgan fingerprint density at radius 2 is 1.72 bits per heavy atom. The lowest BCUT2D eigenvalue weighted by atomic mass is 9.89. The molecular weight excluding hydrogens is 948 g/mol. The van der Waals surface area contributed by atoms with Gasteiger partial charge in [0, 0.05) is 72.3 Å². The number of rotatable bonds is 16. The summed E-state index contributed by atoms with van der Waals surface area (Å²) in [4.78, 5) is 89.3. The molecule has 6 N–H and O–H groups in total. The molecule has 3 fully saturated rings. The van der Waals surface area contributed by atoms with E-state index in [1.165, 1.54) is 21.9 Å². The monoisotopic (exact) mass is 993 g/mol. The highest BCUT2D eigenvalue weighted by Gasteiger charge is 2.41. The number of anilines is 3. The second-order valence-corrected chi connectivity index (χ2v) is 19.9. The van der Waals surface area contributed by atoms with E-state index >= 15 is 8.78 Å². The maximum atomic E-state index is 16.1. The molecule has 3 aromatic carbocycles. The van der Waals surface area contributed by atoms with Crippen molar-refractivity contribution >= 4 is 93.4 Å². The number of ether oxygens (including phenoxy) is 1. The van der Waals surface area contributed by atoms with E-state index in [-0.39, 0.29) is 106 Å². The number of carboxylic acids is 2. The van der Waals surface area contributed by atoms with Gasteiger partial charge in [-0.2, -0.15) is 0 Å². The van der Waals surface area contributed by atoms with Gasteiger partial charge in [0.05, 0.1) is 28.7 Å². The number of halogens is 3. The van der Waals surface area contributed by atoms with Crippen molar-refractivity contribution in [1.29, 1.82) is 0 Å². The number of nitrogens with zero attached hydrogens (tertiary/aromatic N) is 3. The Bertz CT molecular complexity index is 2730. The Morgan fingerprint density at radius 3 is 2.43 bits per heavy atom. The summed E-state index contributed by atoms with van der Waals surface area (Å²) in [5.41, 5.74) is 2.25. The topological polar surface area (TPSA) is 227 Å². The molecule has 5 heterocycles. The number of hydrogen-bond acceptors (Lipinski definition) is 13. The highest BCUT2D eigenvalue weighted by atomic mass is 35.5. The second kappa shape index (κ2) is 19.7. The van der Waals surface area contributed by atoms with Crippen molar-refractivity contribution in [3.63, 3.8) is 0 Å². The highest BCUT2D eigenvalue weighted by Crippen LogP contribution is 2.47. The maximum Gasteiger partial charge on any atom is 0.349 e. The molecule has 4 aliphatic rings. The lowest BCUT2D eigenvalue weighted by Gasteiger charge is -2.45. The van der Waals surface area contributed by atoms with Crippen LogP contribution < -0.4 is 26.0 Å². The van der Waals surface area contributed by atoms with E-state index in [2.05, 4.69) is 39.4 Å². The Balaban J connectivity index is 0.807. The molecule has 22 heteroatoms. The van der Waals surface area contributed by atoms with E-state index in [0.29, 0.717) is 53.3 Å². The molecule has 0 radical (unpaired) electrons. The number of imide groups is 1. The van der Waals surface area contributed by atoms with Crippen LogP contribution >= 0.6 is 34.9 Å². The van der Waals surface area contributed by atoms with Gasteiger partial charge >= 0.3 is 11.9 Å². The number of aromatic carboxylic acids is 1. The molecule has 2 atom stereocenters. The molecule has 4 aliphatic heterocycles. The minimum absolute atomic E-state index is 0.0248. The molecule has 1 aromatic heterocycles. The molecule has 5 amide bonds. The van der Waals surface area contributed by atoms with Crippen LogP contribution in [0.1, 0.15) is 70.7 Å². The smallest absolute Gasteiger partial charge is 0.349 e. The van der Waals surface area contributed by atoms with Gasteiger partial charge in [-0.25, -0.2) is 22.7 Å². The summed E-state index contributed by atoms with van der Waals surface area (Å²) < 4.78 is 38.5. The summed E-state index contributed by atoms with van der Waals surface area (Å²) >= 11 is 8.67. The molecule has 0 spiro atoms. The Hall–Kier alpha value is -6.29. The van der Waals surface area contributed by atoms with E-state index in [9.17, 15) is 38.7 Å². The first-order valence-electron chi connectivity index (χ1n) is 21.6. The number of carbonyl (C=O) groups excluding carboxylic acids is 5. The van der Waals surface area contributed by atoms with Crippen LogP contribution in [-0.2, 0) is 36.3 Å². The van der Waals surface area contributed by atoms with Gasteiger partial charge in [0.25, 0.3) is 5.91 Å². The van der Waals surface area contributed by atoms with Crippen LogP contribution in [0.3, 0.4) is 0 Å². The van der Waals surface area contributed by atoms with Crippen molar-refractivity contribution in [2.24, 2.45) is 5.92 Å². The molecule has 68 heavy (non-hydrogen) atoms. The predicted molar refractivity (Wildman–Crippen MR) is 250 cm³/mol. The van der Waals surface area contributed by atoms with Crippen molar-refractivity contribution in [1.82, 2.24) is 19.4 Å². The van der Waals surface area contributed by atoms with E-state index in [1.54, 1.807) is 54.4 Å². The number of piperidine rings is 2. The van der Waals surface area contributed by atoms with E-state index < -0.39 is 54.0 Å². The zero-order valence-electron chi connectivity index (χ0n) is 36.7. The quantitative estimate of drug-likeness (QED) is 0.0537. The minimum Gasteiger partial charge on any atom is -0.479 e. The number of carboxylic acid groups (broad SMARTS) is 2. The normalized spacial score (nSPS) is 19.2. The Morgan fingerprint density at radius 1 is 0.985 bits per heavy atom. The van der Waals surface area contributed by atoms with E-state index in [4.69, 9.17) is 21.4 Å². The Labute approximate surface area is 401 Å². The number of benzene rings is 3. The van der Waals surface area contributed by atoms with Crippen molar-refractivity contribution < 1.29 is 57.3 Å². The van der Waals surface area contributed by atoms with Crippen LogP contribution in [0, 0.1) is 17.6 Å². The number of hydrogen-bond donors (Lipinski definition) is 6. The number of nitrogens with one attached hydrogen (secondary N) is 4. The molecule has 0 bridgehead atoms. The zero-order chi connectivity index (χ0) is 48.6. The first-order chi connectivity index (χ1) is 32.4. The first kappa shape index (κ1) is 48.2. The first-order valence-corrected chi connectivity index (χ1v) is 23.8. The Kier molecular flexibility index (Phi) is 14.0. The lowest BCUT2D eigenvalue weighted by Crippen LogP contribution is -2.55. The largest absolute Gasteiger partial charge is 0.479 e. The molecule has 0 saturated carbocycles. The molecule has 8 rings (SSSR count). The third-order valence-corrected chi connectivity index (χ3v) is 15.5. The van der Waals surface area contributed by atoms with Gasteiger partial charge in [0.1, 0.15) is 16.9 Å². The summed E-state index contributed by atoms with van der Waals surface area (Å²) in [5.74, 6) is -6.33. The van der Waals surface area contributed by atoms with Crippen molar-refractivity contribution in [3.05, 3.63) is 92.8 Å². The standard InChI is InChI=1S/C46H46ClF2N7O10S2/c1-46(2)16-25(51-31-8-4-6-27(38(31)49)40-37(47)39(66-21-36(59)60)41(68-40)45(64)65)13-14-56(46)67-22-23-9-10-29(48)32(15-23)52-42(61)24-18-54(19-24)35(58)17-50-30-7-3-5-26-28(30)20-55(44(26)63)33-11-12-34(57)53-43(33)62/h3-10,15,24-25,33,50-51H,11-14,16-22H2,1-2H3,(H,52,61)(H,59,60)(H,64,65)(H,53,57,62). The molecular formula is C46H46ClF2N7O10S2. The minimum atomic E-state index is -1.39. The molecule has 17 nitrogen and oxygen atoms in total. The number of amides is 5. The third-order valence-electron chi connectivity index (χ3n) is 12.3. The molecule has 0 aliphatic carbocycles. The number of thiophene rings is 1. The average molecular weight is 994 g/mol. The van der Waals surface area contributed by atoms with Crippen LogP contribution in [0.5, 0.6) is 5.75 Å².